The molecule has 41 heavy (non-hydrogen) atoms. The summed E-state index contributed by atoms with van der Waals surface area (Å²) in [4.78, 5) is 82.6. The molecule has 0 saturated carbocycles. The first-order valence-corrected chi connectivity index (χ1v) is 11.8. The number of hydrogen-bond donors (Lipinski definition) is 4. The smallest absolute Gasteiger partial charge is 0.340 e. The van der Waals surface area contributed by atoms with Crippen molar-refractivity contribution in [3.8, 4) is 0 Å². The summed E-state index contributed by atoms with van der Waals surface area (Å²) in [6.07, 6.45) is -5.15. The van der Waals surface area contributed by atoms with E-state index in [-0.39, 0.29) is 48.1 Å². The second kappa shape index (κ2) is 28.6. The molecule has 4 unspecified atom stereocenters. The molecule has 0 amide bonds. The molecule has 0 bridgehead atoms. The number of carbonyl (C=O) groups excluding carboxylic acids is 4. The van der Waals surface area contributed by atoms with E-state index in [0.29, 0.717) is 0 Å². The van der Waals surface area contributed by atoms with Crippen LogP contribution in [0.25, 0.3) is 0 Å². The van der Waals surface area contributed by atoms with Gasteiger partial charge >= 0.3 is 23.9 Å². The number of carboxylic acids is 4. The van der Waals surface area contributed by atoms with E-state index in [1.54, 1.807) is 27.7 Å². The van der Waals surface area contributed by atoms with Crippen molar-refractivity contribution in [2.24, 2.45) is 0 Å². The molecule has 0 aliphatic rings. The first-order valence-electron chi connectivity index (χ1n) is 11.8. The molecular weight excluding hydrogens is 592 g/mol. The molecule has 0 radical (unpaired) electrons. The maximum absolute atomic E-state index is 10.5. The minimum atomic E-state index is -1.29. The molecule has 0 aromatic rings. The van der Waals surface area contributed by atoms with Gasteiger partial charge < -0.3 is 39.4 Å². The maximum Gasteiger partial charge on any atom is 0.340 e. The first-order chi connectivity index (χ1) is 18.4. The fourth-order valence-corrected chi connectivity index (χ4v) is 2.12. The quantitative estimate of drug-likeness (QED) is 0.131. The van der Waals surface area contributed by atoms with Crippen LogP contribution in [0.3, 0.4) is 0 Å². The van der Waals surface area contributed by atoms with Gasteiger partial charge in [0.25, 0.3) is 0 Å². The topological polar surface area (TPSA) is 254 Å². The standard InChI is InChI=1S/4C6H10O4.Ti/c4*1-3-10-5(4(2)7)6(8)9;/h4*5H,3H2,1-2H3,(H,8,9);. The summed E-state index contributed by atoms with van der Waals surface area (Å²) in [5.41, 5.74) is 0. The Morgan fingerprint density at radius 2 is 0.537 bits per heavy atom. The SMILES string of the molecule is CCOC(C(C)=O)C(=O)O.CCOC(C(C)=O)C(=O)O.CCOC(C(C)=O)C(=O)O.CCOC(C(C)=O)C(=O)O.[Ti]. The molecule has 0 aliphatic heterocycles. The maximum atomic E-state index is 10.5. The second-order valence-electron chi connectivity index (χ2n) is 7.14. The third-order valence-corrected chi connectivity index (χ3v) is 3.71. The van der Waals surface area contributed by atoms with E-state index in [9.17, 15) is 38.4 Å². The Morgan fingerprint density at radius 3 is 0.561 bits per heavy atom. The van der Waals surface area contributed by atoms with E-state index >= 15 is 0 Å². The number of carboxylic acid groups (broad SMARTS) is 4. The summed E-state index contributed by atoms with van der Waals surface area (Å²) < 4.78 is 18.5. The summed E-state index contributed by atoms with van der Waals surface area (Å²) in [6.45, 7) is 12.2. The van der Waals surface area contributed by atoms with Crippen LogP contribution in [-0.4, -0.2) is 118 Å². The predicted molar refractivity (Wildman–Crippen MR) is 135 cm³/mol. The summed E-state index contributed by atoms with van der Waals surface area (Å²) in [6, 6.07) is 0. The van der Waals surface area contributed by atoms with E-state index in [2.05, 4.69) is 18.9 Å². The van der Waals surface area contributed by atoms with Crippen LogP contribution in [0, 0.1) is 0 Å². The molecular formula is C24H40O16Ti. The normalized spacial score (nSPS) is 12.3. The molecule has 16 nitrogen and oxygen atoms in total. The zero-order valence-electron chi connectivity index (χ0n) is 24.3. The van der Waals surface area contributed by atoms with Crippen LogP contribution in [0.5, 0.6) is 0 Å². The fraction of sp³-hybridized carbons (Fsp3) is 0.667. The second-order valence-corrected chi connectivity index (χ2v) is 7.14. The van der Waals surface area contributed by atoms with Gasteiger partial charge in [0.15, 0.2) is 23.1 Å². The zero-order chi connectivity index (χ0) is 32.6. The third kappa shape index (κ3) is 27.1. The molecule has 0 fully saturated rings. The Bertz CT molecular complexity index is 650. The van der Waals surface area contributed by atoms with E-state index in [1.165, 1.54) is 27.7 Å². The van der Waals surface area contributed by atoms with Crippen molar-refractivity contribution in [1.82, 2.24) is 0 Å². The first kappa shape index (κ1) is 47.9. The van der Waals surface area contributed by atoms with Gasteiger partial charge in [-0.25, -0.2) is 19.2 Å². The van der Waals surface area contributed by atoms with Gasteiger partial charge in [-0.15, -0.1) is 0 Å². The number of ether oxygens (including phenoxy) is 4. The largest absolute Gasteiger partial charge is 0.479 e. The molecule has 0 aliphatic carbocycles. The van der Waals surface area contributed by atoms with Crippen molar-refractivity contribution >= 4 is 47.0 Å². The Kier molecular flexibility index (Phi) is 33.4. The van der Waals surface area contributed by atoms with Crippen molar-refractivity contribution in [2.45, 2.75) is 79.8 Å². The Morgan fingerprint density at radius 1 is 0.415 bits per heavy atom. The third-order valence-electron chi connectivity index (χ3n) is 3.71. The van der Waals surface area contributed by atoms with Gasteiger partial charge in [0, 0.05) is 48.1 Å². The summed E-state index contributed by atoms with van der Waals surface area (Å²) in [7, 11) is 0. The van der Waals surface area contributed by atoms with Gasteiger partial charge in [-0.2, -0.15) is 0 Å². The summed E-state index contributed by atoms with van der Waals surface area (Å²) in [5, 5.41) is 33.3. The molecule has 0 rings (SSSR count). The molecule has 236 valence electrons. The number of ketones is 4. The molecule has 0 aromatic carbocycles. The van der Waals surface area contributed by atoms with E-state index in [4.69, 9.17) is 20.4 Å². The Hall–Kier alpha value is -2.89. The minimum Gasteiger partial charge on any atom is -0.479 e. The fourth-order valence-electron chi connectivity index (χ4n) is 2.12. The van der Waals surface area contributed by atoms with Gasteiger partial charge in [0.1, 0.15) is 0 Å². The summed E-state index contributed by atoms with van der Waals surface area (Å²) in [5.74, 6) is -6.82. The molecule has 0 spiro atoms. The van der Waals surface area contributed by atoms with E-state index in [1.807, 2.05) is 0 Å². The van der Waals surface area contributed by atoms with Gasteiger partial charge in [-0.3, -0.25) is 19.2 Å². The molecule has 0 heterocycles. The molecule has 17 heteroatoms. The minimum absolute atomic E-state index is 0. The van der Waals surface area contributed by atoms with Crippen LogP contribution in [0.1, 0.15) is 55.4 Å². The van der Waals surface area contributed by atoms with Crippen LogP contribution >= 0.6 is 0 Å². The van der Waals surface area contributed by atoms with Gasteiger partial charge in [0.05, 0.1) is 0 Å². The Labute approximate surface area is 252 Å². The van der Waals surface area contributed by atoms with Crippen LogP contribution in [0.2, 0.25) is 0 Å². The van der Waals surface area contributed by atoms with E-state index in [0.717, 1.165) is 0 Å². The van der Waals surface area contributed by atoms with Gasteiger partial charge in [0.2, 0.25) is 24.4 Å². The monoisotopic (exact) mass is 632 g/mol. The number of aliphatic carboxylic acids is 4. The van der Waals surface area contributed by atoms with Crippen LogP contribution in [0.15, 0.2) is 0 Å². The summed E-state index contributed by atoms with van der Waals surface area (Å²) >= 11 is 0. The predicted octanol–water partition coefficient (Wildman–Crippen LogP) is 0.258. The molecule has 4 N–H and O–H groups in total. The molecule has 4 atom stereocenters. The van der Waals surface area contributed by atoms with Crippen LogP contribution in [0.4, 0.5) is 0 Å². The number of Topliss-reactive ketones (excluding diaryl/α,β-unsaturated/α-hetero) is 4. The van der Waals surface area contributed by atoms with Crippen molar-refractivity contribution < 1.29 is 99.4 Å². The van der Waals surface area contributed by atoms with Gasteiger partial charge in [-0.1, -0.05) is 0 Å². The van der Waals surface area contributed by atoms with Crippen molar-refractivity contribution in [3.05, 3.63) is 0 Å². The van der Waals surface area contributed by atoms with Crippen molar-refractivity contribution in [1.29, 1.82) is 0 Å². The number of hydrogen-bond acceptors (Lipinski definition) is 12. The van der Waals surface area contributed by atoms with Crippen LogP contribution < -0.4 is 0 Å². The van der Waals surface area contributed by atoms with E-state index < -0.39 is 71.4 Å². The average molecular weight is 632 g/mol. The van der Waals surface area contributed by atoms with Crippen molar-refractivity contribution in [3.63, 3.8) is 0 Å². The number of carbonyl (C=O) groups is 8. The average Bonchev–Trinajstić information content (AvgIpc) is 2.82. The molecule has 0 saturated heterocycles. The number of rotatable bonds is 16. The van der Waals surface area contributed by atoms with Crippen molar-refractivity contribution in [2.75, 3.05) is 26.4 Å². The zero-order valence-corrected chi connectivity index (χ0v) is 25.9. The van der Waals surface area contributed by atoms with Gasteiger partial charge in [-0.05, 0) is 55.4 Å². The molecule has 0 aromatic heterocycles. The Balaban J connectivity index is -0.000000139. The van der Waals surface area contributed by atoms with Crippen LogP contribution in [-0.2, 0) is 79.0 Å².